The van der Waals surface area contributed by atoms with Crippen molar-refractivity contribution in [3.8, 4) is 11.8 Å². The van der Waals surface area contributed by atoms with Crippen LogP contribution >= 0.6 is 0 Å². The molecule has 0 aliphatic heterocycles. The lowest BCUT2D eigenvalue weighted by Gasteiger charge is -2.10. The topological polar surface area (TPSA) is 36.9 Å². The Morgan fingerprint density at radius 1 is 0.792 bits per heavy atom. The number of ether oxygens (including phenoxy) is 4. The molecule has 24 heavy (non-hydrogen) atoms. The molecule has 0 unspecified atom stereocenters. The third-order valence-electron chi connectivity index (χ3n) is 3.76. The highest BCUT2D eigenvalue weighted by molar-refractivity contribution is 5.05. The standard InChI is InChI=1S/C20H38O4/c1-4-5-12-15-20(24-19-22-3)16-13-10-8-6-7-9-11-14-17-23-18-21-2/h20H,4-12,14-15,17-19H2,1-3H3/t20-/m1/s1. The molecule has 0 fully saturated rings. The van der Waals surface area contributed by atoms with Gasteiger partial charge in [0.05, 0.1) is 0 Å². The van der Waals surface area contributed by atoms with Gasteiger partial charge in [-0.3, -0.25) is 0 Å². The van der Waals surface area contributed by atoms with E-state index in [1.165, 1.54) is 51.4 Å². The van der Waals surface area contributed by atoms with E-state index in [4.69, 9.17) is 18.9 Å². The van der Waals surface area contributed by atoms with Crippen molar-refractivity contribution in [2.24, 2.45) is 0 Å². The molecule has 0 aromatic carbocycles. The molecule has 0 spiro atoms. The van der Waals surface area contributed by atoms with Gasteiger partial charge in [-0.05, 0) is 25.7 Å². The van der Waals surface area contributed by atoms with Crippen molar-refractivity contribution in [2.75, 3.05) is 34.4 Å². The average molecular weight is 343 g/mol. The predicted molar refractivity (Wildman–Crippen MR) is 98.8 cm³/mol. The van der Waals surface area contributed by atoms with Crippen molar-refractivity contribution in [3.05, 3.63) is 0 Å². The first-order chi connectivity index (χ1) is 11.8. The van der Waals surface area contributed by atoms with Crippen LogP contribution < -0.4 is 0 Å². The lowest BCUT2D eigenvalue weighted by Crippen LogP contribution is -2.12. The summed E-state index contributed by atoms with van der Waals surface area (Å²) in [7, 11) is 3.31. The minimum Gasteiger partial charge on any atom is -0.359 e. The van der Waals surface area contributed by atoms with Crippen molar-refractivity contribution in [2.45, 2.75) is 83.7 Å². The SMILES string of the molecule is CCCCC[C@H](C#CCCCCCCCCOCOC)OCOC. The highest BCUT2D eigenvalue weighted by Crippen LogP contribution is 2.08. The Kier molecular flexibility index (Phi) is 19.9. The van der Waals surface area contributed by atoms with Crippen LogP contribution in [0.4, 0.5) is 0 Å². The second-order valence-electron chi connectivity index (χ2n) is 6.06. The van der Waals surface area contributed by atoms with E-state index in [-0.39, 0.29) is 6.10 Å². The summed E-state index contributed by atoms with van der Waals surface area (Å²) in [5.41, 5.74) is 0. The first-order valence-corrected chi connectivity index (χ1v) is 9.50. The minimum absolute atomic E-state index is 0.0311. The van der Waals surface area contributed by atoms with Gasteiger partial charge in [0.15, 0.2) is 0 Å². The Morgan fingerprint density at radius 2 is 1.50 bits per heavy atom. The van der Waals surface area contributed by atoms with Crippen LogP contribution in [0.2, 0.25) is 0 Å². The molecule has 0 saturated carbocycles. The summed E-state index contributed by atoms with van der Waals surface area (Å²) >= 11 is 0. The van der Waals surface area contributed by atoms with Crippen molar-refractivity contribution in [3.63, 3.8) is 0 Å². The van der Waals surface area contributed by atoms with E-state index in [0.717, 1.165) is 25.9 Å². The molecule has 4 nitrogen and oxygen atoms in total. The highest BCUT2D eigenvalue weighted by Gasteiger charge is 2.04. The lowest BCUT2D eigenvalue weighted by atomic mass is 10.1. The van der Waals surface area contributed by atoms with Crippen molar-refractivity contribution >= 4 is 0 Å². The maximum absolute atomic E-state index is 5.62. The molecular formula is C20H38O4. The number of methoxy groups -OCH3 is 2. The number of rotatable bonds is 17. The Labute approximate surface area is 149 Å². The predicted octanol–water partition coefficient (Wildman–Crippen LogP) is 4.91. The van der Waals surface area contributed by atoms with Crippen molar-refractivity contribution in [1.29, 1.82) is 0 Å². The van der Waals surface area contributed by atoms with Gasteiger partial charge in [0.25, 0.3) is 0 Å². The first kappa shape index (κ1) is 23.4. The Balaban J connectivity index is 3.55. The average Bonchev–Trinajstić information content (AvgIpc) is 2.60. The summed E-state index contributed by atoms with van der Waals surface area (Å²) in [5.74, 6) is 6.55. The van der Waals surface area contributed by atoms with Gasteiger partial charge in [0.2, 0.25) is 0 Å². The molecular weight excluding hydrogens is 304 g/mol. The van der Waals surface area contributed by atoms with Gasteiger partial charge in [0.1, 0.15) is 19.7 Å². The molecule has 0 amide bonds. The molecule has 0 aromatic rings. The summed E-state index contributed by atoms with van der Waals surface area (Å²) in [6.45, 7) is 3.76. The normalized spacial score (nSPS) is 12.0. The summed E-state index contributed by atoms with van der Waals surface area (Å²) in [6.07, 6.45) is 13.0. The summed E-state index contributed by atoms with van der Waals surface area (Å²) in [6, 6.07) is 0. The molecule has 142 valence electrons. The lowest BCUT2D eigenvalue weighted by molar-refractivity contribution is -0.0548. The maximum atomic E-state index is 5.62. The van der Waals surface area contributed by atoms with Gasteiger partial charge < -0.3 is 18.9 Å². The number of hydrogen-bond acceptors (Lipinski definition) is 4. The molecule has 0 heterocycles. The molecule has 0 bridgehead atoms. The van der Waals surface area contributed by atoms with E-state index >= 15 is 0 Å². The van der Waals surface area contributed by atoms with Gasteiger partial charge in [-0.2, -0.15) is 0 Å². The van der Waals surface area contributed by atoms with E-state index in [2.05, 4.69) is 18.8 Å². The fourth-order valence-electron chi connectivity index (χ4n) is 2.38. The van der Waals surface area contributed by atoms with E-state index in [0.29, 0.717) is 13.6 Å². The van der Waals surface area contributed by atoms with Crippen LogP contribution in [-0.2, 0) is 18.9 Å². The van der Waals surface area contributed by atoms with Crippen LogP contribution in [0.3, 0.4) is 0 Å². The Hall–Kier alpha value is -0.600. The van der Waals surface area contributed by atoms with E-state index in [9.17, 15) is 0 Å². The molecule has 0 rings (SSSR count). The molecule has 0 aromatic heterocycles. The third-order valence-corrected chi connectivity index (χ3v) is 3.76. The van der Waals surface area contributed by atoms with Crippen LogP contribution in [0.25, 0.3) is 0 Å². The van der Waals surface area contributed by atoms with Gasteiger partial charge >= 0.3 is 0 Å². The monoisotopic (exact) mass is 342 g/mol. The van der Waals surface area contributed by atoms with Crippen molar-refractivity contribution < 1.29 is 18.9 Å². The number of hydrogen-bond donors (Lipinski definition) is 0. The van der Waals surface area contributed by atoms with E-state index in [1.807, 2.05) is 0 Å². The van der Waals surface area contributed by atoms with Crippen LogP contribution in [0, 0.1) is 11.8 Å². The molecule has 4 heteroatoms. The maximum Gasteiger partial charge on any atom is 0.148 e. The molecule has 0 saturated heterocycles. The Bertz CT molecular complexity index is 296. The van der Waals surface area contributed by atoms with Gasteiger partial charge in [0, 0.05) is 27.2 Å². The van der Waals surface area contributed by atoms with E-state index in [1.54, 1.807) is 14.2 Å². The van der Waals surface area contributed by atoms with Gasteiger partial charge in [-0.15, -0.1) is 5.92 Å². The van der Waals surface area contributed by atoms with Crippen LogP contribution in [0.5, 0.6) is 0 Å². The zero-order chi connectivity index (χ0) is 17.7. The second kappa shape index (κ2) is 20.4. The van der Waals surface area contributed by atoms with Crippen LogP contribution in [0.15, 0.2) is 0 Å². The third kappa shape index (κ3) is 17.7. The second-order valence-corrected chi connectivity index (χ2v) is 6.06. The summed E-state index contributed by atoms with van der Waals surface area (Å²) in [5, 5.41) is 0. The number of unbranched alkanes of at least 4 members (excludes halogenated alkanes) is 8. The first-order valence-electron chi connectivity index (χ1n) is 9.50. The molecule has 1 atom stereocenters. The fraction of sp³-hybridized carbons (Fsp3) is 0.900. The Morgan fingerprint density at radius 3 is 2.21 bits per heavy atom. The fourth-order valence-corrected chi connectivity index (χ4v) is 2.38. The smallest absolute Gasteiger partial charge is 0.148 e. The zero-order valence-corrected chi connectivity index (χ0v) is 16.1. The molecule has 0 aliphatic rings. The van der Waals surface area contributed by atoms with Gasteiger partial charge in [-0.1, -0.05) is 51.4 Å². The van der Waals surface area contributed by atoms with Crippen molar-refractivity contribution in [1.82, 2.24) is 0 Å². The molecule has 0 aliphatic carbocycles. The summed E-state index contributed by atoms with van der Waals surface area (Å²) in [4.78, 5) is 0. The molecule has 0 radical (unpaired) electrons. The summed E-state index contributed by atoms with van der Waals surface area (Å²) < 4.78 is 20.7. The zero-order valence-electron chi connectivity index (χ0n) is 16.1. The van der Waals surface area contributed by atoms with Crippen LogP contribution in [-0.4, -0.2) is 40.5 Å². The minimum atomic E-state index is 0.0311. The largest absolute Gasteiger partial charge is 0.359 e. The van der Waals surface area contributed by atoms with E-state index < -0.39 is 0 Å². The van der Waals surface area contributed by atoms with Crippen LogP contribution in [0.1, 0.15) is 77.6 Å². The van der Waals surface area contributed by atoms with Gasteiger partial charge in [-0.25, -0.2) is 0 Å². The highest BCUT2D eigenvalue weighted by atomic mass is 16.7. The quantitative estimate of drug-likeness (QED) is 0.214. The molecule has 0 N–H and O–H groups in total.